The second-order valence-electron chi connectivity index (χ2n) is 7.09. The molecule has 0 amide bonds. The van der Waals surface area contributed by atoms with E-state index in [0.29, 0.717) is 13.1 Å². The van der Waals surface area contributed by atoms with Gasteiger partial charge in [-0.2, -0.15) is 4.31 Å². The minimum Gasteiger partial charge on any atom is -0.495 e. The lowest BCUT2D eigenvalue weighted by Crippen LogP contribution is -2.41. The first-order chi connectivity index (χ1) is 13.0. The lowest BCUT2D eigenvalue weighted by Gasteiger charge is -2.33. The second kappa shape index (κ2) is 7.22. The molecule has 7 heteroatoms. The second-order valence-corrected chi connectivity index (χ2v) is 9.00. The number of nitrogens with zero attached hydrogens (tertiary/aromatic N) is 2. The van der Waals surface area contributed by atoms with Crippen molar-refractivity contribution in [2.75, 3.05) is 26.7 Å². The summed E-state index contributed by atoms with van der Waals surface area (Å²) in [5.41, 5.74) is 2.69. The fraction of sp³-hybridized carbons (Fsp3) is 0.400. The molecule has 0 saturated carbocycles. The van der Waals surface area contributed by atoms with Gasteiger partial charge in [-0.05, 0) is 42.2 Å². The highest BCUT2D eigenvalue weighted by Gasteiger charge is 2.37. The maximum Gasteiger partial charge on any atom is 0.246 e. The molecule has 0 N–H and O–H groups in total. The SMILES string of the molecule is COc1ccc(F)cc1S(=O)(=O)N1CCC(N2CCc3ccccc3C2)C1. The summed E-state index contributed by atoms with van der Waals surface area (Å²) < 4.78 is 46.4. The fourth-order valence-corrected chi connectivity index (χ4v) is 5.71. The summed E-state index contributed by atoms with van der Waals surface area (Å²) in [7, 11) is -2.40. The zero-order chi connectivity index (χ0) is 19.0. The third-order valence-electron chi connectivity index (χ3n) is 5.55. The Bertz CT molecular complexity index is 948. The molecule has 0 radical (unpaired) electrons. The summed E-state index contributed by atoms with van der Waals surface area (Å²) in [5.74, 6) is -0.412. The molecule has 1 unspecified atom stereocenters. The first kappa shape index (κ1) is 18.4. The highest BCUT2D eigenvalue weighted by atomic mass is 32.2. The largest absolute Gasteiger partial charge is 0.495 e. The van der Waals surface area contributed by atoms with Crippen LogP contribution < -0.4 is 4.74 Å². The maximum absolute atomic E-state index is 13.7. The molecule has 144 valence electrons. The van der Waals surface area contributed by atoms with E-state index >= 15 is 0 Å². The van der Waals surface area contributed by atoms with E-state index in [1.54, 1.807) is 0 Å². The molecule has 1 fully saturated rings. The Balaban J connectivity index is 1.52. The van der Waals surface area contributed by atoms with Gasteiger partial charge in [-0.1, -0.05) is 24.3 Å². The summed E-state index contributed by atoms with van der Waals surface area (Å²) >= 11 is 0. The quantitative estimate of drug-likeness (QED) is 0.805. The minimum atomic E-state index is -3.79. The Morgan fingerprint density at radius 1 is 1.11 bits per heavy atom. The van der Waals surface area contributed by atoms with E-state index < -0.39 is 15.8 Å². The van der Waals surface area contributed by atoms with Crippen molar-refractivity contribution >= 4 is 10.0 Å². The van der Waals surface area contributed by atoms with E-state index in [1.165, 1.54) is 34.7 Å². The molecular formula is C20H23FN2O3S. The van der Waals surface area contributed by atoms with Gasteiger partial charge in [0.05, 0.1) is 7.11 Å². The average Bonchev–Trinajstić information content (AvgIpc) is 3.18. The zero-order valence-corrected chi connectivity index (χ0v) is 16.1. The van der Waals surface area contributed by atoms with E-state index in [2.05, 4.69) is 23.1 Å². The fourth-order valence-electron chi connectivity index (χ4n) is 4.05. The Labute approximate surface area is 159 Å². The van der Waals surface area contributed by atoms with Crippen LogP contribution in [0.25, 0.3) is 0 Å². The lowest BCUT2D eigenvalue weighted by molar-refractivity contribution is 0.185. The van der Waals surface area contributed by atoms with Crippen molar-refractivity contribution < 1.29 is 17.5 Å². The standard InChI is InChI=1S/C20H23FN2O3S/c1-26-19-7-6-17(21)12-20(19)27(24,25)23-11-9-18(14-23)22-10-8-15-4-2-3-5-16(15)13-22/h2-7,12,18H,8-11,13-14H2,1H3. The molecule has 1 saturated heterocycles. The summed E-state index contributed by atoms with van der Waals surface area (Å²) in [6.07, 6.45) is 1.76. The predicted octanol–water partition coefficient (Wildman–Crippen LogP) is 2.66. The summed E-state index contributed by atoms with van der Waals surface area (Å²) in [6, 6.07) is 12.2. The molecule has 0 aliphatic carbocycles. The van der Waals surface area contributed by atoms with Gasteiger partial charge in [0.2, 0.25) is 10.0 Å². The number of rotatable bonds is 4. The summed E-state index contributed by atoms with van der Waals surface area (Å²) in [5, 5.41) is 0. The summed E-state index contributed by atoms with van der Waals surface area (Å²) in [6.45, 7) is 2.63. The normalized spacial score (nSPS) is 21.2. The lowest BCUT2D eigenvalue weighted by atomic mass is 9.98. The molecule has 2 heterocycles. The van der Waals surface area contributed by atoms with Crippen LogP contribution in [-0.4, -0.2) is 50.4 Å². The van der Waals surface area contributed by atoms with Gasteiger partial charge < -0.3 is 4.74 Å². The van der Waals surface area contributed by atoms with Crippen LogP contribution in [0, 0.1) is 5.82 Å². The van der Waals surface area contributed by atoms with Gasteiger partial charge in [0.15, 0.2) is 0 Å². The third-order valence-corrected chi connectivity index (χ3v) is 7.43. The number of sulfonamides is 1. The van der Waals surface area contributed by atoms with Crippen molar-refractivity contribution in [2.45, 2.75) is 30.3 Å². The number of ether oxygens (including phenoxy) is 1. The van der Waals surface area contributed by atoms with Gasteiger partial charge in [-0.3, -0.25) is 4.90 Å². The average molecular weight is 390 g/mol. The van der Waals surface area contributed by atoms with Crippen LogP contribution in [0.1, 0.15) is 17.5 Å². The first-order valence-electron chi connectivity index (χ1n) is 9.13. The Hall–Kier alpha value is -1.96. The van der Waals surface area contributed by atoms with Crippen LogP contribution in [0.5, 0.6) is 5.75 Å². The molecule has 1 atom stereocenters. The van der Waals surface area contributed by atoms with Gasteiger partial charge in [0.1, 0.15) is 16.5 Å². The molecule has 2 aliphatic heterocycles. The van der Waals surface area contributed by atoms with E-state index in [4.69, 9.17) is 4.74 Å². The smallest absolute Gasteiger partial charge is 0.246 e. The van der Waals surface area contributed by atoms with Gasteiger partial charge in [0.25, 0.3) is 0 Å². The van der Waals surface area contributed by atoms with Crippen molar-refractivity contribution in [3.63, 3.8) is 0 Å². The van der Waals surface area contributed by atoms with Gasteiger partial charge in [-0.25, -0.2) is 12.8 Å². The molecule has 0 spiro atoms. The van der Waals surface area contributed by atoms with E-state index in [-0.39, 0.29) is 16.7 Å². The molecule has 2 aromatic rings. The molecule has 2 aliphatic rings. The van der Waals surface area contributed by atoms with Gasteiger partial charge in [-0.15, -0.1) is 0 Å². The van der Waals surface area contributed by atoms with Gasteiger partial charge in [0, 0.05) is 32.2 Å². The molecule has 27 heavy (non-hydrogen) atoms. The minimum absolute atomic E-state index is 0.102. The number of halogens is 1. The molecular weight excluding hydrogens is 367 g/mol. The third kappa shape index (κ3) is 3.47. The highest BCUT2D eigenvalue weighted by molar-refractivity contribution is 7.89. The van der Waals surface area contributed by atoms with Crippen molar-refractivity contribution in [3.8, 4) is 5.75 Å². The first-order valence-corrected chi connectivity index (χ1v) is 10.6. The van der Waals surface area contributed by atoms with E-state index in [0.717, 1.165) is 32.0 Å². The number of fused-ring (bicyclic) bond motifs is 1. The molecule has 4 rings (SSSR count). The number of hydrogen-bond acceptors (Lipinski definition) is 4. The molecule has 5 nitrogen and oxygen atoms in total. The Morgan fingerprint density at radius 3 is 2.67 bits per heavy atom. The number of hydrogen-bond donors (Lipinski definition) is 0. The topological polar surface area (TPSA) is 49.9 Å². The zero-order valence-electron chi connectivity index (χ0n) is 15.3. The Kier molecular flexibility index (Phi) is 4.92. The number of benzene rings is 2. The van der Waals surface area contributed by atoms with E-state index in [1.807, 2.05) is 6.07 Å². The van der Waals surface area contributed by atoms with Crippen molar-refractivity contribution in [1.29, 1.82) is 0 Å². The predicted molar refractivity (Wildman–Crippen MR) is 101 cm³/mol. The van der Waals surface area contributed by atoms with Crippen LogP contribution in [0.3, 0.4) is 0 Å². The number of methoxy groups -OCH3 is 1. The maximum atomic E-state index is 13.7. The Morgan fingerprint density at radius 2 is 1.89 bits per heavy atom. The molecule has 0 aromatic heterocycles. The van der Waals surface area contributed by atoms with Crippen LogP contribution in [0.4, 0.5) is 4.39 Å². The van der Waals surface area contributed by atoms with Crippen LogP contribution >= 0.6 is 0 Å². The molecule has 0 bridgehead atoms. The van der Waals surface area contributed by atoms with Crippen LogP contribution in [0.2, 0.25) is 0 Å². The van der Waals surface area contributed by atoms with Gasteiger partial charge >= 0.3 is 0 Å². The monoisotopic (exact) mass is 390 g/mol. The van der Waals surface area contributed by atoms with E-state index in [9.17, 15) is 12.8 Å². The molecule has 2 aromatic carbocycles. The highest BCUT2D eigenvalue weighted by Crippen LogP contribution is 2.31. The van der Waals surface area contributed by atoms with Crippen molar-refractivity contribution in [3.05, 3.63) is 59.4 Å². The van der Waals surface area contributed by atoms with Crippen LogP contribution in [0.15, 0.2) is 47.4 Å². The van der Waals surface area contributed by atoms with Crippen LogP contribution in [-0.2, 0) is 23.0 Å². The summed E-state index contributed by atoms with van der Waals surface area (Å²) in [4.78, 5) is 2.26. The van der Waals surface area contributed by atoms with Crippen molar-refractivity contribution in [2.24, 2.45) is 0 Å². The van der Waals surface area contributed by atoms with Crippen molar-refractivity contribution in [1.82, 2.24) is 9.21 Å².